The average molecular weight is 261 g/mol. The third-order valence-corrected chi connectivity index (χ3v) is 3.84. The van der Waals surface area contributed by atoms with E-state index in [1.807, 2.05) is 30.9 Å². The molecule has 0 radical (unpaired) electrons. The molecule has 1 aromatic heterocycles. The highest BCUT2D eigenvalue weighted by Crippen LogP contribution is 2.21. The van der Waals surface area contributed by atoms with Crippen LogP contribution in [0.5, 0.6) is 0 Å². The quantitative estimate of drug-likeness (QED) is 0.904. The fourth-order valence-electron chi connectivity index (χ4n) is 2.80. The molecule has 1 amide bonds. The van der Waals surface area contributed by atoms with E-state index in [0.717, 1.165) is 42.9 Å². The van der Waals surface area contributed by atoms with Gasteiger partial charge in [0.15, 0.2) is 0 Å². The number of likely N-dealkylation sites (tertiary alicyclic amines) is 1. The highest BCUT2D eigenvalue weighted by Gasteiger charge is 2.25. The molecule has 0 spiro atoms. The van der Waals surface area contributed by atoms with Gasteiger partial charge in [0.2, 0.25) is 0 Å². The molecule has 4 heteroatoms. The maximum absolute atomic E-state index is 12.5. The van der Waals surface area contributed by atoms with Crippen molar-refractivity contribution in [3.63, 3.8) is 0 Å². The van der Waals surface area contributed by atoms with E-state index < -0.39 is 0 Å². The highest BCUT2D eigenvalue weighted by atomic mass is 16.2. The Labute approximate surface area is 115 Å². The normalized spacial score (nSPS) is 19.5. The Hall–Kier alpha value is -1.42. The first-order valence-corrected chi connectivity index (χ1v) is 7.05. The molecule has 0 aliphatic carbocycles. The molecule has 2 N–H and O–H groups in total. The Kier molecular flexibility index (Phi) is 4.53. The van der Waals surface area contributed by atoms with Gasteiger partial charge in [-0.2, -0.15) is 0 Å². The molecule has 1 aliphatic rings. The third-order valence-electron chi connectivity index (χ3n) is 3.84. The summed E-state index contributed by atoms with van der Waals surface area (Å²) in [5.41, 5.74) is 8.13. The van der Waals surface area contributed by atoms with Crippen molar-refractivity contribution in [3.8, 4) is 0 Å². The van der Waals surface area contributed by atoms with Gasteiger partial charge in [0.1, 0.15) is 0 Å². The van der Waals surface area contributed by atoms with Gasteiger partial charge in [-0.25, -0.2) is 0 Å². The summed E-state index contributed by atoms with van der Waals surface area (Å²) in [7, 11) is 0. The second-order valence-electron chi connectivity index (χ2n) is 5.42. The van der Waals surface area contributed by atoms with Crippen molar-refractivity contribution in [2.45, 2.75) is 33.1 Å². The standard InChI is InChI=1S/C15H23N3O/c1-11-5-6-14(12(2)17-11)15(19)18-9-3-4-13(10-18)7-8-16/h5-6,13H,3-4,7-10,16H2,1-2H3. The van der Waals surface area contributed by atoms with Crippen LogP contribution in [0.25, 0.3) is 0 Å². The van der Waals surface area contributed by atoms with Gasteiger partial charge >= 0.3 is 0 Å². The lowest BCUT2D eigenvalue weighted by molar-refractivity contribution is 0.0668. The Balaban J connectivity index is 2.10. The second kappa shape index (κ2) is 6.15. The smallest absolute Gasteiger partial charge is 0.255 e. The van der Waals surface area contributed by atoms with E-state index in [1.165, 1.54) is 6.42 Å². The van der Waals surface area contributed by atoms with Crippen molar-refractivity contribution in [2.24, 2.45) is 11.7 Å². The minimum Gasteiger partial charge on any atom is -0.338 e. The molecule has 1 aliphatic heterocycles. The maximum atomic E-state index is 12.5. The number of carbonyl (C=O) groups is 1. The SMILES string of the molecule is Cc1ccc(C(=O)N2CCCC(CCN)C2)c(C)n1. The van der Waals surface area contributed by atoms with Gasteiger partial charge in [-0.3, -0.25) is 9.78 Å². The first-order chi connectivity index (χ1) is 9.11. The Morgan fingerprint density at radius 1 is 1.47 bits per heavy atom. The molecule has 19 heavy (non-hydrogen) atoms. The van der Waals surface area contributed by atoms with Gasteiger partial charge in [-0.15, -0.1) is 0 Å². The van der Waals surface area contributed by atoms with E-state index in [0.29, 0.717) is 12.5 Å². The molecule has 4 nitrogen and oxygen atoms in total. The number of amides is 1. The molecule has 1 aromatic rings. The average Bonchev–Trinajstić information content (AvgIpc) is 2.39. The van der Waals surface area contributed by atoms with Crippen molar-refractivity contribution in [2.75, 3.05) is 19.6 Å². The van der Waals surface area contributed by atoms with Crippen LogP contribution >= 0.6 is 0 Å². The minimum atomic E-state index is 0.117. The second-order valence-corrected chi connectivity index (χ2v) is 5.42. The van der Waals surface area contributed by atoms with Gasteiger partial charge in [-0.1, -0.05) is 0 Å². The predicted octanol–water partition coefficient (Wildman–Crippen LogP) is 1.90. The summed E-state index contributed by atoms with van der Waals surface area (Å²) in [6, 6.07) is 3.80. The van der Waals surface area contributed by atoms with Crippen LogP contribution in [-0.4, -0.2) is 35.4 Å². The van der Waals surface area contributed by atoms with Gasteiger partial charge in [0, 0.05) is 18.8 Å². The Morgan fingerprint density at radius 3 is 2.95 bits per heavy atom. The summed E-state index contributed by atoms with van der Waals surface area (Å²) in [5, 5.41) is 0. The molecule has 2 heterocycles. The molecule has 1 unspecified atom stereocenters. The summed E-state index contributed by atoms with van der Waals surface area (Å²) in [4.78, 5) is 18.9. The lowest BCUT2D eigenvalue weighted by Crippen LogP contribution is -2.40. The lowest BCUT2D eigenvalue weighted by Gasteiger charge is -2.33. The first kappa shape index (κ1) is 14.0. The zero-order valence-corrected chi connectivity index (χ0v) is 11.9. The van der Waals surface area contributed by atoms with Gasteiger partial charge in [-0.05, 0) is 57.7 Å². The van der Waals surface area contributed by atoms with E-state index in [9.17, 15) is 4.79 Å². The zero-order chi connectivity index (χ0) is 13.8. The van der Waals surface area contributed by atoms with Gasteiger partial charge < -0.3 is 10.6 Å². The summed E-state index contributed by atoms with van der Waals surface area (Å²) in [6.07, 6.45) is 3.27. The lowest BCUT2D eigenvalue weighted by atomic mass is 9.94. The van der Waals surface area contributed by atoms with E-state index in [-0.39, 0.29) is 5.91 Å². The predicted molar refractivity (Wildman–Crippen MR) is 76.0 cm³/mol. The summed E-state index contributed by atoms with van der Waals surface area (Å²) < 4.78 is 0. The first-order valence-electron chi connectivity index (χ1n) is 7.05. The number of nitrogens with zero attached hydrogens (tertiary/aromatic N) is 2. The van der Waals surface area contributed by atoms with E-state index in [1.54, 1.807) is 0 Å². The van der Waals surface area contributed by atoms with Crippen molar-refractivity contribution in [3.05, 3.63) is 29.1 Å². The molecular weight excluding hydrogens is 238 g/mol. The number of aryl methyl sites for hydroxylation is 2. The minimum absolute atomic E-state index is 0.117. The molecule has 0 bridgehead atoms. The topological polar surface area (TPSA) is 59.2 Å². The van der Waals surface area contributed by atoms with Crippen LogP contribution in [-0.2, 0) is 0 Å². The van der Waals surface area contributed by atoms with Crippen LogP contribution in [0.4, 0.5) is 0 Å². The van der Waals surface area contributed by atoms with E-state index >= 15 is 0 Å². The van der Waals surface area contributed by atoms with Crippen LogP contribution in [0.1, 0.15) is 41.0 Å². The van der Waals surface area contributed by atoms with Gasteiger partial charge in [0.05, 0.1) is 11.3 Å². The van der Waals surface area contributed by atoms with E-state index in [4.69, 9.17) is 5.73 Å². The van der Waals surface area contributed by atoms with E-state index in [2.05, 4.69) is 4.98 Å². The molecular formula is C15H23N3O. The Morgan fingerprint density at radius 2 is 2.26 bits per heavy atom. The fraction of sp³-hybridized carbons (Fsp3) is 0.600. The number of aromatic nitrogens is 1. The van der Waals surface area contributed by atoms with Crippen molar-refractivity contribution in [1.29, 1.82) is 0 Å². The number of carbonyl (C=O) groups excluding carboxylic acids is 1. The monoisotopic (exact) mass is 261 g/mol. The number of nitrogens with two attached hydrogens (primary N) is 1. The molecule has 1 fully saturated rings. The van der Waals surface area contributed by atoms with Crippen molar-refractivity contribution >= 4 is 5.91 Å². The van der Waals surface area contributed by atoms with Gasteiger partial charge in [0.25, 0.3) is 5.91 Å². The zero-order valence-electron chi connectivity index (χ0n) is 11.9. The summed E-state index contributed by atoms with van der Waals surface area (Å²) >= 11 is 0. The molecule has 0 saturated carbocycles. The number of rotatable bonds is 3. The van der Waals surface area contributed by atoms with Crippen LogP contribution in [0.2, 0.25) is 0 Å². The van der Waals surface area contributed by atoms with Crippen LogP contribution in [0.3, 0.4) is 0 Å². The summed E-state index contributed by atoms with van der Waals surface area (Å²) in [5.74, 6) is 0.674. The number of hydrogen-bond acceptors (Lipinski definition) is 3. The Bertz CT molecular complexity index is 457. The molecule has 0 aromatic carbocycles. The molecule has 1 atom stereocenters. The van der Waals surface area contributed by atoms with Crippen molar-refractivity contribution in [1.82, 2.24) is 9.88 Å². The molecule has 2 rings (SSSR count). The van der Waals surface area contributed by atoms with Crippen LogP contribution in [0.15, 0.2) is 12.1 Å². The third kappa shape index (κ3) is 3.32. The highest BCUT2D eigenvalue weighted by molar-refractivity contribution is 5.95. The number of hydrogen-bond donors (Lipinski definition) is 1. The number of pyridine rings is 1. The van der Waals surface area contributed by atoms with Crippen LogP contribution < -0.4 is 5.73 Å². The maximum Gasteiger partial charge on any atom is 0.255 e. The number of piperidine rings is 1. The fourth-order valence-corrected chi connectivity index (χ4v) is 2.80. The molecule has 104 valence electrons. The summed E-state index contributed by atoms with van der Waals surface area (Å²) in [6.45, 7) is 6.25. The molecule has 1 saturated heterocycles. The largest absolute Gasteiger partial charge is 0.338 e. The van der Waals surface area contributed by atoms with Crippen molar-refractivity contribution < 1.29 is 4.79 Å². The van der Waals surface area contributed by atoms with Crippen LogP contribution in [0, 0.1) is 19.8 Å².